The molecule has 1 aromatic heterocycles. The zero-order valence-corrected chi connectivity index (χ0v) is 12.6. The first-order chi connectivity index (χ1) is 10.0. The molecule has 2 aromatic rings. The van der Waals surface area contributed by atoms with Gasteiger partial charge in [0.15, 0.2) is 5.78 Å². The summed E-state index contributed by atoms with van der Waals surface area (Å²) in [5.41, 5.74) is 2.23. The predicted molar refractivity (Wildman–Crippen MR) is 80.9 cm³/mol. The van der Waals surface area contributed by atoms with E-state index in [-0.39, 0.29) is 5.78 Å². The lowest BCUT2D eigenvalue weighted by molar-refractivity contribution is 0.104. The fourth-order valence-corrected chi connectivity index (χ4v) is 2.04. The van der Waals surface area contributed by atoms with Crippen molar-refractivity contribution in [2.75, 3.05) is 14.2 Å². The van der Waals surface area contributed by atoms with Crippen LogP contribution in [0.1, 0.15) is 21.7 Å². The van der Waals surface area contributed by atoms with Crippen LogP contribution in [-0.2, 0) is 7.05 Å². The van der Waals surface area contributed by atoms with Crippen LogP contribution in [-0.4, -0.2) is 29.8 Å². The van der Waals surface area contributed by atoms with E-state index in [2.05, 4.69) is 5.10 Å². The van der Waals surface area contributed by atoms with Crippen LogP contribution in [0.25, 0.3) is 6.08 Å². The van der Waals surface area contributed by atoms with Crippen molar-refractivity contribution < 1.29 is 14.3 Å². The maximum atomic E-state index is 12.3. The van der Waals surface area contributed by atoms with Crippen LogP contribution in [0.15, 0.2) is 30.3 Å². The minimum absolute atomic E-state index is 0.149. The molecule has 0 N–H and O–H groups in total. The van der Waals surface area contributed by atoms with Crippen LogP contribution >= 0.6 is 0 Å². The Hall–Kier alpha value is -2.56. The Morgan fingerprint density at radius 2 is 2.00 bits per heavy atom. The Balaban J connectivity index is 2.29. The summed E-state index contributed by atoms with van der Waals surface area (Å²) in [7, 11) is 4.93. The molecule has 0 atom stereocenters. The van der Waals surface area contributed by atoms with Gasteiger partial charge in [0.2, 0.25) is 0 Å². The average molecular weight is 286 g/mol. The van der Waals surface area contributed by atoms with Gasteiger partial charge < -0.3 is 9.47 Å². The van der Waals surface area contributed by atoms with E-state index in [0.29, 0.717) is 17.1 Å². The number of rotatable bonds is 5. The normalized spacial score (nSPS) is 10.9. The smallest absolute Gasteiger partial charge is 0.189 e. The van der Waals surface area contributed by atoms with E-state index in [1.165, 1.54) is 13.2 Å². The van der Waals surface area contributed by atoms with Crippen LogP contribution in [0.4, 0.5) is 0 Å². The number of hydrogen-bond acceptors (Lipinski definition) is 4. The number of nitrogens with zero attached hydrogens (tertiary/aromatic N) is 2. The SMILES string of the molecule is COc1ccc(OC)c(C(=O)/C=C/c2cc(C)nn2C)c1. The minimum Gasteiger partial charge on any atom is -0.497 e. The summed E-state index contributed by atoms with van der Waals surface area (Å²) in [6.07, 6.45) is 3.25. The van der Waals surface area contributed by atoms with Gasteiger partial charge in [0.1, 0.15) is 11.5 Å². The molecule has 0 bridgehead atoms. The quantitative estimate of drug-likeness (QED) is 0.626. The first kappa shape index (κ1) is 14.8. The van der Waals surface area contributed by atoms with Gasteiger partial charge >= 0.3 is 0 Å². The van der Waals surface area contributed by atoms with Crippen LogP contribution in [0.3, 0.4) is 0 Å². The molecule has 0 amide bonds. The number of aromatic nitrogens is 2. The van der Waals surface area contributed by atoms with Crippen molar-refractivity contribution in [2.45, 2.75) is 6.92 Å². The van der Waals surface area contributed by atoms with Gasteiger partial charge in [-0.15, -0.1) is 0 Å². The van der Waals surface area contributed by atoms with Crippen LogP contribution in [0, 0.1) is 6.92 Å². The molecular weight excluding hydrogens is 268 g/mol. The van der Waals surface area contributed by atoms with Gasteiger partial charge in [0.05, 0.1) is 31.2 Å². The zero-order chi connectivity index (χ0) is 15.4. The second-order valence-electron chi connectivity index (χ2n) is 4.60. The standard InChI is InChI=1S/C16H18N2O3/c1-11-9-12(18(2)17-11)5-7-15(19)14-10-13(20-3)6-8-16(14)21-4/h5-10H,1-4H3/b7-5+. The number of benzene rings is 1. The number of carbonyl (C=O) groups excluding carboxylic acids is 1. The van der Waals surface area contributed by atoms with E-state index >= 15 is 0 Å². The molecule has 0 aliphatic carbocycles. The highest BCUT2D eigenvalue weighted by atomic mass is 16.5. The zero-order valence-electron chi connectivity index (χ0n) is 12.6. The average Bonchev–Trinajstić information content (AvgIpc) is 2.81. The van der Waals surface area contributed by atoms with Crippen molar-refractivity contribution in [3.63, 3.8) is 0 Å². The number of hydrogen-bond donors (Lipinski definition) is 0. The first-order valence-corrected chi connectivity index (χ1v) is 6.50. The third-order valence-electron chi connectivity index (χ3n) is 3.12. The summed E-state index contributed by atoms with van der Waals surface area (Å²) in [4.78, 5) is 12.3. The van der Waals surface area contributed by atoms with Gasteiger partial charge in [-0.25, -0.2) is 0 Å². The second-order valence-corrected chi connectivity index (χ2v) is 4.60. The molecule has 0 saturated heterocycles. The molecule has 0 fully saturated rings. The summed E-state index contributed by atoms with van der Waals surface area (Å²) < 4.78 is 12.1. The summed E-state index contributed by atoms with van der Waals surface area (Å²) in [5.74, 6) is 0.986. The lowest BCUT2D eigenvalue weighted by Crippen LogP contribution is -2.00. The number of ether oxygens (including phenoxy) is 2. The maximum absolute atomic E-state index is 12.3. The van der Waals surface area contributed by atoms with Crippen molar-refractivity contribution >= 4 is 11.9 Å². The Morgan fingerprint density at radius 3 is 2.57 bits per heavy atom. The van der Waals surface area contributed by atoms with Crippen molar-refractivity contribution in [1.82, 2.24) is 9.78 Å². The predicted octanol–water partition coefficient (Wildman–Crippen LogP) is 2.64. The van der Waals surface area contributed by atoms with Crippen LogP contribution in [0.2, 0.25) is 0 Å². The molecule has 0 spiro atoms. The number of aryl methyl sites for hydroxylation is 2. The summed E-state index contributed by atoms with van der Waals surface area (Å²) in [6.45, 7) is 1.91. The summed E-state index contributed by atoms with van der Waals surface area (Å²) in [6, 6.07) is 7.05. The van der Waals surface area contributed by atoms with E-state index in [4.69, 9.17) is 9.47 Å². The number of allylic oxidation sites excluding steroid dienone is 1. The lowest BCUT2D eigenvalue weighted by Gasteiger charge is -2.07. The van der Waals surface area contributed by atoms with Gasteiger partial charge in [-0.3, -0.25) is 9.48 Å². The topological polar surface area (TPSA) is 53.4 Å². The minimum atomic E-state index is -0.149. The molecule has 1 heterocycles. The number of ketones is 1. The number of carbonyl (C=O) groups is 1. The lowest BCUT2D eigenvalue weighted by atomic mass is 10.1. The Labute approximate surface area is 123 Å². The molecule has 110 valence electrons. The fourth-order valence-electron chi connectivity index (χ4n) is 2.04. The second kappa shape index (κ2) is 6.26. The molecule has 1 aromatic carbocycles. The molecule has 21 heavy (non-hydrogen) atoms. The van der Waals surface area contributed by atoms with Crippen molar-refractivity contribution in [3.05, 3.63) is 47.3 Å². The molecule has 0 unspecified atom stereocenters. The summed E-state index contributed by atoms with van der Waals surface area (Å²) >= 11 is 0. The Morgan fingerprint density at radius 1 is 1.24 bits per heavy atom. The van der Waals surface area contributed by atoms with Crippen molar-refractivity contribution in [1.29, 1.82) is 0 Å². The molecule has 5 heteroatoms. The Bertz CT molecular complexity index is 687. The van der Waals surface area contributed by atoms with Crippen molar-refractivity contribution in [2.24, 2.45) is 7.05 Å². The van der Waals surface area contributed by atoms with Gasteiger partial charge in [-0.05, 0) is 43.3 Å². The van der Waals surface area contributed by atoms with E-state index < -0.39 is 0 Å². The van der Waals surface area contributed by atoms with E-state index in [0.717, 1.165) is 11.4 Å². The van der Waals surface area contributed by atoms with Crippen LogP contribution in [0.5, 0.6) is 11.5 Å². The molecule has 2 rings (SSSR count). The molecule has 0 radical (unpaired) electrons. The fraction of sp³-hybridized carbons (Fsp3) is 0.250. The maximum Gasteiger partial charge on any atom is 0.189 e. The van der Waals surface area contributed by atoms with Gasteiger partial charge in [-0.1, -0.05) is 0 Å². The van der Waals surface area contributed by atoms with E-state index in [1.54, 1.807) is 36.1 Å². The third-order valence-corrected chi connectivity index (χ3v) is 3.12. The first-order valence-electron chi connectivity index (χ1n) is 6.50. The highest BCUT2D eigenvalue weighted by molar-refractivity contribution is 6.08. The monoisotopic (exact) mass is 286 g/mol. The molecule has 0 aliphatic heterocycles. The molecule has 0 aliphatic rings. The molecule has 0 saturated carbocycles. The Kier molecular flexibility index (Phi) is 4.42. The van der Waals surface area contributed by atoms with E-state index in [9.17, 15) is 4.79 Å². The third kappa shape index (κ3) is 3.31. The van der Waals surface area contributed by atoms with Gasteiger partial charge in [-0.2, -0.15) is 5.10 Å². The highest BCUT2D eigenvalue weighted by Crippen LogP contribution is 2.24. The molecular formula is C16H18N2O3. The van der Waals surface area contributed by atoms with Gasteiger partial charge in [0.25, 0.3) is 0 Å². The molecule has 5 nitrogen and oxygen atoms in total. The highest BCUT2D eigenvalue weighted by Gasteiger charge is 2.11. The van der Waals surface area contributed by atoms with Gasteiger partial charge in [0, 0.05) is 7.05 Å². The largest absolute Gasteiger partial charge is 0.497 e. The van der Waals surface area contributed by atoms with Crippen LogP contribution < -0.4 is 9.47 Å². The number of methoxy groups -OCH3 is 2. The van der Waals surface area contributed by atoms with E-state index in [1.807, 2.05) is 20.0 Å². The summed E-state index contributed by atoms with van der Waals surface area (Å²) in [5, 5.41) is 4.23. The van der Waals surface area contributed by atoms with Crippen molar-refractivity contribution in [3.8, 4) is 11.5 Å².